The predicted molar refractivity (Wildman–Crippen MR) is 64.6 cm³/mol. The zero-order valence-electron chi connectivity index (χ0n) is 10.7. The summed E-state index contributed by atoms with van der Waals surface area (Å²) in [7, 11) is 0. The van der Waals surface area contributed by atoms with E-state index in [9.17, 15) is 9.59 Å². The van der Waals surface area contributed by atoms with Gasteiger partial charge in [-0.2, -0.15) is 0 Å². The summed E-state index contributed by atoms with van der Waals surface area (Å²) in [6.07, 6.45) is 1.58. The van der Waals surface area contributed by atoms with Gasteiger partial charge in [0, 0.05) is 0 Å². The van der Waals surface area contributed by atoms with Crippen molar-refractivity contribution in [2.75, 3.05) is 13.2 Å². The van der Waals surface area contributed by atoms with Crippen molar-refractivity contribution in [2.24, 2.45) is 5.92 Å². The molecule has 0 aromatic heterocycles. The Morgan fingerprint density at radius 3 is 2.47 bits per heavy atom. The number of amides is 1. The van der Waals surface area contributed by atoms with Crippen LogP contribution in [-0.2, 0) is 14.3 Å². The third kappa shape index (κ3) is 5.94. The van der Waals surface area contributed by atoms with Crippen LogP contribution in [0.2, 0.25) is 0 Å². The second-order valence-electron chi connectivity index (χ2n) is 3.65. The summed E-state index contributed by atoms with van der Waals surface area (Å²) in [5, 5.41) is 2.50. The van der Waals surface area contributed by atoms with Gasteiger partial charge < -0.3 is 14.8 Å². The lowest BCUT2D eigenvalue weighted by atomic mass is 9.99. The summed E-state index contributed by atoms with van der Waals surface area (Å²) >= 11 is 0. The quantitative estimate of drug-likeness (QED) is 0.547. The number of alkyl carbamates (subject to hydrolysis) is 1. The number of esters is 1. The van der Waals surface area contributed by atoms with Crippen LogP contribution in [0.15, 0.2) is 12.7 Å². The third-order valence-corrected chi connectivity index (χ3v) is 2.36. The molecule has 98 valence electrons. The Balaban J connectivity index is 4.42. The molecule has 0 bridgehead atoms. The van der Waals surface area contributed by atoms with Crippen molar-refractivity contribution < 1.29 is 19.1 Å². The number of nitrogens with one attached hydrogen (secondary N) is 1. The van der Waals surface area contributed by atoms with E-state index in [1.807, 2.05) is 13.8 Å². The molecule has 0 saturated carbocycles. The number of rotatable bonds is 7. The van der Waals surface area contributed by atoms with E-state index in [0.29, 0.717) is 0 Å². The highest BCUT2D eigenvalue weighted by atomic mass is 16.6. The lowest BCUT2D eigenvalue weighted by Crippen LogP contribution is -2.46. The monoisotopic (exact) mass is 243 g/mol. The standard InChI is InChI=1S/C12H21NO4/c1-5-8-17-12(15)13-10(9(4)6-2)11(14)16-7-3/h5,9-10H,1,6-8H2,2-4H3,(H,13,15)/t9?,10-/m0/s1. The summed E-state index contributed by atoms with van der Waals surface area (Å²) in [5.74, 6) is -0.442. The number of hydrogen-bond donors (Lipinski definition) is 1. The summed E-state index contributed by atoms with van der Waals surface area (Å²) in [6.45, 7) is 9.36. The van der Waals surface area contributed by atoms with E-state index < -0.39 is 18.1 Å². The highest BCUT2D eigenvalue weighted by Gasteiger charge is 2.27. The van der Waals surface area contributed by atoms with Crippen molar-refractivity contribution in [3.63, 3.8) is 0 Å². The average Bonchev–Trinajstić information content (AvgIpc) is 2.32. The van der Waals surface area contributed by atoms with Gasteiger partial charge in [0.15, 0.2) is 0 Å². The third-order valence-electron chi connectivity index (χ3n) is 2.36. The molecule has 0 saturated heterocycles. The summed E-state index contributed by atoms with van der Waals surface area (Å²) < 4.78 is 9.67. The maximum atomic E-state index is 11.6. The highest BCUT2D eigenvalue weighted by Crippen LogP contribution is 2.09. The maximum absolute atomic E-state index is 11.6. The van der Waals surface area contributed by atoms with Crippen molar-refractivity contribution in [2.45, 2.75) is 33.2 Å². The van der Waals surface area contributed by atoms with Gasteiger partial charge in [-0.05, 0) is 12.8 Å². The maximum Gasteiger partial charge on any atom is 0.408 e. The van der Waals surface area contributed by atoms with E-state index >= 15 is 0 Å². The lowest BCUT2D eigenvalue weighted by Gasteiger charge is -2.21. The molecule has 1 N–H and O–H groups in total. The molecule has 0 fully saturated rings. The molecule has 17 heavy (non-hydrogen) atoms. The van der Waals surface area contributed by atoms with Gasteiger partial charge in [-0.3, -0.25) is 0 Å². The molecule has 1 amide bonds. The Morgan fingerprint density at radius 2 is 2.00 bits per heavy atom. The van der Waals surface area contributed by atoms with Crippen LogP contribution in [-0.4, -0.2) is 31.3 Å². The molecule has 0 aromatic rings. The first-order valence-corrected chi connectivity index (χ1v) is 5.77. The first-order valence-electron chi connectivity index (χ1n) is 5.77. The van der Waals surface area contributed by atoms with Crippen molar-refractivity contribution in [3.05, 3.63) is 12.7 Å². The van der Waals surface area contributed by atoms with Crippen molar-refractivity contribution in [1.82, 2.24) is 5.32 Å². The van der Waals surface area contributed by atoms with E-state index in [-0.39, 0.29) is 19.1 Å². The Kier molecular flexibility index (Phi) is 7.84. The highest BCUT2D eigenvalue weighted by molar-refractivity contribution is 5.81. The molecular formula is C12H21NO4. The van der Waals surface area contributed by atoms with Gasteiger partial charge in [-0.25, -0.2) is 9.59 Å². The van der Waals surface area contributed by atoms with E-state index in [0.717, 1.165) is 6.42 Å². The fourth-order valence-electron chi connectivity index (χ4n) is 1.20. The molecule has 0 aliphatic carbocycles. The topological polar surface area (TPSA) is 64.6 Å². The minimum atomic E-state index is -0.669. The van der Waals surface area contributed by atoms with Crippen LogP contribution >= 0.6 is 0 Å². The van der Waals surface area contributed by atoms with Gasteiger partial charge >= 0.3 is 12.1 Å². The van der Waals surface area contributed by atoms with E-state index in [2.05, 4.69) is 11.9 Å². The minimum Gasteiger partial charge on any atom is -0.464 e. The van der Waals surface area contributed by atoms with Crippen LogP contribution in [0.5, 0.6) is 0 Å². The number of ether oxygens (including phenoxy) is 2. The Morgan fingerprint density at radius 1 is 1.35 bits per heavy atom. The fourth-order valence-corrected chi connectivity index (χ4v) is 1.20. The van der Waals surface area contributed by atoms with Crippen LogP contribution in [0.3, 0.4) is 0 Å². The largest absolute Gasteiger partial charge is 0.464 e. The van der Waals surface area contributed by atoms with E-state index in [1.54, 1.807) is 6.92 Å². The fraction of sp³-hybridized carbons (Fsp3) is 0.667. The minimum absolute atomic E-state index is 0.00895. The Hall–Kier alpha value is -1.52. The van der Waals surface area contributed by atoms with Crippen LogP contribution < -0.4 is 5.32 Å². The Bertz CT molecular complexity index is 265. The number of hydrogen-bond acceptors (Lipinski definition) is 4. The second-order valence-corrected chi connectivity index (χ2v) is 3.65. The number of carbonyl (C=O) groups excluding carboxylic acids is 2. The Labute approximate surface area is 102 Å². The summed E-state index contributed by atoms with van der Waals surface area (Å²) in [6, 6.07) is -0.669. The van der Waals surface area contributed by atoms with Crippen molar-refractivity contribution >= 4 is 12.1 Å². The molecule has 0 aliphatic rings. The van der Waals surface area contributed by atoms with Crippen molar-refractivity contribution in [3.8, 4) is 0 Å². The number of carbonyl (C=O) groups is 2. The SMILES string of the molecule is C=CCOC(=O)N[C@H](C(=O)OCC)C(C)CC. The van der Waals surface area contributed by atoms with Crippen LogP contribution in [0.1, 0.15) is 27.2 Å². The molecule has 0 rings (SSSR count). The predicted octanol–water partition coefficient (Wildman–Crippen LogP) is 1.88. The smallest absolute Gasteiger partial charge is 0.408 e. The molecule has 1 unspecified atom stereocenters. The van der Waals surface area contributed by atoms with E-state index in [4.69, 9.17) is 9.47 Å². The second kappa shape index (κ2) is 8.61. The van der Waals surface area contributed by atoms with Gasteiger partial charge in [0.25, 0.3) is 0 Å². The van der Waals surface area contributed by atoms with Crippen molar-refractivity contribution in [1.29, 1.82) is 0 Å². The molecule has 5 heteroatoms. The zero-order chi connectivity index (χ0) is 13.3. The molecule has 0 heterocycles. The van der Waals surface area contributed by atoms with Gasteiger partial charge in [-0.15, -0.1) is 0 Å². The van der Waals surface area contributed by atoms with Gasteiger partial charge in [0.1, 0.15) is 12.6 Å². The molecule has 0 aromatic carbocycles. The molecule has 0 aliphatic heterocycles. The lowest BCUT2D eigenvalue weighted by molar-refractivity contribution is -0.146. The molecular weight excluding hydrogens is 222 g/mol. The molecule has 0 radical (unpaired) electrons. The van der Waals surface area contributed by atoms with Crippen LogP contribution in [0.25, 0.3) is 0 Å². The molecule has 0 spiro atoms. The normalized spacial score (nSPS) is 13.4. The van der Waals surface area contributed by atoms with Gasteiger partial charge in [-0.1, -0.05) is 32.9 Å². The van der Waals surface area contributed by atoms with Gasteiger partial charge in [0.2, 0.25) is 0 Å². The molecule has 2 atom stereocenters. The van der Waals surface area contributed by atoms with Crippen LogP contribution in [0.4, 0.5) is 4.79 Å². The van der Waals surface area contributed by atoms with E-state index in [1.165, 1.54) is 6.08 Å². The van der Waals surface area contributed by atoms with Crippen LogP contribution in [0, 0.1) is 5.92 Å². The molecule has 5 nitrogen and oxygen atoms in total. The average molecular weight is 243 g/mol. The zero-order valence-corrected chi connectivity index (χ0v) is 10.7. The summed E-state index contributed by atoms with van der Waals surface area (Å²) in [5.41, 5.74) is 0. The first kappa shape index (κ1) is 15.5. The van der Waals surface area contributed by atoms with Gasteiger partial charge in [0.05, 0.1) is 6.61 Å². The first-order chi connectivity index (χ1) is 8.06. The summed E-state index contributed by atoms with van der Waals surface area (Å²) in [4.78, 5) is 23.0.